The average Bonchev–Trinajstić information content (AvgIpc) is 3.23. The Morgan fingerprint density at radius 3 is 2.60 bits per heavy atom. The number of rotatable bonds is 3. The molecule has 0 bridgehead atoms. The Bertz CT molecular complexity index is 668. The van der Waals surface area contributed by atoms with Crippen molar-refractivity contribution in [3.8, 4) is 11.1 Å². The fraction of sp³-hybridized carbons (Fsp3) is 0.294. The Hall–Kier alpha value is -1.67. The van der Waals surface area contributed by atoms with Crippen LogP contribution in [-0.4, -0.2) is 9.97 Å². The van der Waals surface area contributed by atoms with Crippen molar-refractivity contribution in [2.75, 3.05) is 0 Å². The van der Waals surface area contributed by atoms with Gasteiger partial charge in [0.15, 0.2) is 0 Å². The number of allylic oxidation sites excluding steroid dienone is 1. The molecule has 1 heterocycles. The molecule has 3 rings (SSSR count). The number of halogens is 1. The van der Waals surface area contributed by atoms with Gasteiger partial charge in [-0.1, -0.05) is 35.4 Å². The van der Waals surface area contributed by atoms with Crippen molar-refractivity contribution in [2.24, 2.45) is 0 Å². The summed E-state index contributed by atoms with van der Waals surface area (Å²) in [5.74, 6) is 1.52. The zero-order chi connectivity index (χ0) is 14.1. The van der Waals surface area contributed by atoms with Crippen LogP contribution in [0.4, 0.5) is 0 Å². The second kappa shape index (κ2) is 5.37. The van der Waals surface area contributed by atoms with E-state index in [0.29, 0.717) is 5.92 Å². The number of aromatic nitrogens is 2. The van der Waals surface area contributed by atoms with Crippen molar-refractivity contribution < 1.29 is 0 Å². The number of hydrogen-bond acceptors (Lipinski definition) is 2. The monoisotopic (exact) mass is 284 g/mol. The molecule has 0 atom stereocenters. The lowest BCUT2D eigenvalue weighted by Crippen LogP contribution is -1.98. The molecule has 0 radical (unpaired) electrons. The molecule has 0 unspecified atom stereocenters. The summed E-state index contributed by atoms with van der Waals surface area (Å²) in [6, 6.07) is 7.84. The van der Waals surface area contributed by atoms with Gasteiger partial charge in [0.1, 0.15) is 5.82 Å². The maximum Gasteiger partial charge on any atom is 0.132 e. The third kappa shape index (κ3) is 2.75. The molecule has 1 aliphatic rings. The summed E-state index contributed by atoms with van der Waals surface area (Å²) in [4.78, 5) is 9.27. The molecule has 102 valence electrons. The van der Waals surface area contributed by atoms with E-state index in [4.69, 9.17) is 16.6 Å². The van der Waals surface area contributed by atoms with Gasteiger partial charge in [0, 0.05) is 28.3 Å². The van der Waals surface area contributed by atoms with Crippen LogP contribution in [0.2, 0.25) is 5.02 Å². The van der Waals surface area contributed by atoms with Crippen molar-refractivity contribution in [3.05, 3.63) is 52.6 Å². The summed E-state index contributed by atoms with van der Waals surface area (Å²) >= 11 is 6.31. The van der Waals surface area contributed by atoms with Crippen molar-refractivity contribution >= 4 is 17.7 Å². The van der Waals surface area contributed by atoms with Gasteiger partial charge in [-0.05, 0) is 38.8 Å². The summed E-state index contributed by atoms with van der Waals surface area (Å²) in [6.45, 7) is 4.16. The molecule has 0 amide bonds. The van der Waals surface area contributed by atoms with Crippen LogP contribution in [0.3, 0.4) is 0 Å². The zero-order valence-corrected chi connectivity index (χ0v) is 12.5. The SMILES string of the molecule is CC(C)=Cc1nc(C2CC2)ncc1-c1ccccc1Cl. The molecule has 1 aromatic carbocycles. The van der Waals surface area contributed by atoms with Gasteiger partial charge in [-0.2, -0.15) is 0 Å². The molecule has 3 heteroatoms. The van der Waals surface area contributed by atoms with Crippen LogP contribution in [0.25, 0.3) is 17.2 Å². The summed E-state index contributed by atoms with van der Waals surface area (Å²) in [5.41, 5.74) is 4.18. The van der Waals surface area contributed by atoms with Crippen LogP contribution in [0.1, 0.15) is 44.1 Å². The van der Waals surface area contributed by atoms with Gasteiger partial charge in [0.05, 0.1) is 5.69 Å². The van der Waals surface area contributed by atoms with Gasteiger partial charge in [-0.3, -0.25) is 0 Å². The van der Waals surface area contributed by atoms with Crippen LogP contribution in [0, 0.1) is 0 Å². The molecule has 1 saturated carbocycles. The van der Waals surface area contributed by atoms with Crippen molar-refractivity contribution in [3.63, 3.8) is 0 Å². The third-order valence-electron chi connectivity index (χ3n) is 3.37. The highest BCUT2D eigenvalue weighted by Gasteiger charge is 2.27. The van der Waals surface area contributed by atoms with Crippen LogP contribution >= 0.6 is 11.6 Å². The van der Waals surface area contributed by atoms with E-state index in [-0.39, 0.29) is 0 Å². The van der Waals surface area contributed by atoms with Gasteiger partial charge in [0.25, 0.3) is 0 Å². The second-order valence-electron chi connectivity index (χ2n) is 5.50. The topological polar surface area (TPSA) is 25.8 Å². The van der Waals surface area contributed by atoms with E-state index in [1.54, 1.807) is 0 Å². The van der Waals surface area contributed by atoms with Crippen LogP contribution < -0.4 is 0 Å². The minimum atomic E-state index is 0.555. The fourth-order valence-electron chi connectivity index (χ4n) is 2.22. The van der Waals surface area contributed by atoms with Crippen LogP contribution in [0.15, 0.2) is 36.0 Å². The Morgan fingerprint density at radius 1 is 1.20 bits per heavy atom. The van der Waals surface area contributed by atoms with E-state index in [9.17, 15) is 0 Å². The summed E-state index contributed by atoms with van der Waals surface area (Å²) in [7, 11) is 0. The number of hydrogen-bond donors (Lipinski definition) is 0. The molecular formula is C17H17ClN2. The van der Waals surface area contributed by atoms with Crippen LogP contribution in [-0.2, 0) is 0 Å². The third-order valence-corrected chi connectivity index (χ3v) is 3.70. The van der Waals surface area contributed by atoms with E-state index in [1.807, 2.05) is 30.5 Å². The van der Waals surface area contributed by atoms with E-state index in [1.165, 1.54) is 18.4 Å². The first-order chi connectivity index (χ1) is 9.65. The maximum absolute atomic E-state index is 6.31. The molecule has 0 saturated heterocycles. The highest BCUT2D eigenvalue weighted by atomic mass is 35.5. The first-order valence-corrected chi connectivity index (χ1v) is 7.29. The zero-order valence-electron chi connectivity index (χ0n) is 11.7. The lowest BCUT2D eigenvalue weighted by atomic mass is 10.0. The van der Waals surface area contributed by atoms with Gasteiger partial charge in [0.2, 0.25) is 0 Å². The van der Waals surface area contributed by atoms with Crippen molar-refractivity contribution in [1.82, 2.24) is 9.97 Å². The molecule has 0 N–H and O–H groups in total. The Morgan fingerprint density at radius 2 is 1.95 bits per heavy atom. The van der Waals surface area contributed by atoms with E-state index in [0.717, 1.165) is 27.7 Å². The normalized spacial score (nSPS) is 14.2. The number of nitrogens with zero attached hydrogens (tertiary/aromatic N) is 2. The first kappa shape index (κ1) is 13.3. The minimum absolute atomic E-state index is 0.555. The summed E-state index contributed by atoms with van der Waals surface area (Å²) < 4.78 is 0. The quantitative estimate of drug-likeness (QED) is 0.784. The molecule has 1 aromatic heterocycles. The Labute approximate surface area is 124 Å². The fourth-order valence-corrected chi connectivity index (χ4v) is 2.46. The molecule has 1 aliphatic carbocycles. The van der Waals surface area contributed by atoms with Crippen LogP contribution in [0.5, 0.6) is 0 Å². The summed E-state index contributed by atoms with van der Waals surface area (Å²) in [6.07, 6.45) is 6.43. The lowest BCUT2D eigenvalue weighted by Gasteiger charge is -2.09. The van der Waals surface area contributed by atoms with E-state index in [2.05, 4.69) is 24.9 Å². The average molecular weight is 285 g/mol. The highest BCUT2D eigenvalue weighted by Crippen LogP contribution is 2.39. The molecule has 2 aromatic rings. The Kier molecular flexibility index (Phi) is 3.58. The van der Waals surface area contributed by atoms with Gasteiger partial charge in [-0.15, -0.1) is 0 Å². The molecule has 0 spiro atoms. The van der Waals surface area contributed by atoms with Gasteiger partial charge in [-0.25, -0.2) is 9.97 Å². The predicted molar refractivity (Wildman–Crippen MR) is 83.8 cm³/mol. The molecule has 20 heavy (non-hydrogen) atoms. The van der Waals surface area contributed by atoms with Gasteiger partial charge >= 0.3 is 0 Å². The molecular weight excluding hydrogens is 268 g/mol. The maximum atomic E-state index is 6.31. The largest absolute Gasteiger partial charge is 0.240 e. The molecule has 0 aliphatic heterocycles. The predicted octanol–water partition coefficient (Wildman–Crippen LogP) is 5.10. The molecule has 2 nitrogen and oxygen atoms in total. The second-order valence-corrected chi connectivity index (χ2v) is 5.91. The Balaban J connectivity index is 2.14. The number of benzene rings is 1. The van der Waals surface area contributed by atoms with Gasteiger partial charge < -0.3 is 0 Å². The summed E-state index contributed by atoms with van der Waals surface area (Å²) in [5, 5.41) is 0.735. The minimum Gasteiger partial charge on any atom is -0.240 e. The highest BCUT2D eigenvalue weighted by molar-refractivity contribution is 6.33. The van der Waals surface area contributed by atoms with Crippen molar-refractivity contribution in [2.45, 2.75) is 32.6 Å². The standard InChI is InChI=1S/C17H17ClN2/c1-11(2)9-16-14(13-5-3-4-6-15(13)18)10-19-17(20-16)12-7-8-12/h3-6,9-10,12H,7-8H2,1-2H3. The first-order valence-electron chi connectivity index (χ1n) is 6.92. The lowest BCUT2D eigenvalue weighted by molar-refractivity contribution is 0.922. The van der Waals surface area contributed by atoms with E-state index < -0.39 is 0 Å². The van der Waals surface area contributed by atoms with Crippen molar-refractivity contribution in [1.29, 1.82) is 0 Å². The smallest absolute Gasteiger partial charge is 0.132 e. The van der Waals surface area contributed by atoms with E-state index >= 15 is 0 Å². The molecule has 1 fully saturated rings.